The minimum atomic E-state index is -0.293. The monoisotopic (exact) mass is 196 g/mol. The molecular weight excluding hydrogens is 180 g/mol. The van der Waals surface area contributed by atoms with Gasteiger partial charge in [0, 0.05) is 0 Å². The lowest BCUT2D eigenvalue weighted by atomic mass is 10.1. The summed E-state index contributed by atoms with van der Waals surface area (Å²) >= 11 is 0. The van der Waals surface area contributed by atoms with Gasteiger partial charge in [-0.15, -0.1) is 0 Å². The minimum Gasteiger partial charge on any atom is -0.472 e. The summed E-state index contributed by atoms with van der Waals surface area (Å²) in [5.41, 5.74) is 0.486. The van der Waals surface area contributed by atoms with E-state index in [0.29, 0.717) is 5.56 Å². The first-order chi connectivity index (χ1) is 6.77. The third kappa shape index (κ3) is 2.91. The van der Waals surface area contributed by atoms with Crippen LogP contribution in [0.25, 0.3) is 0 Å². The molecule has 0 spiro atoms. The molecule has 0 saturated heterocycles. The molecule has 3 heteroatoms. The van der Waals surface area contributed by atoms with E-state index in [1.54, 1.807) is 6.07 Å². The van der Waals surface area contributed by atoms with Crippen molar-refractivity contribution in [3.8, 4) is 0 Å². The first-order valence-corrected chi connectivity index (χ1v) is 5.01. The highest BCUT2D eigenvalue weighted by Gasteiger charge is 2.14. The van der Waals surface area contributed by atoms with Crippen molar-refractivity contribution in [2.45, 2.75) is 39.2 Å². The first-order valence-electron chi connectivity index (χ1n) is 5.01. The number of esters is 1. The number of hydrogen-bond donors (Lipinski definition) is 0. The molecule has 0 N–H and O–H groups in total. The van der Waals surface area contributed by atoms with Crippen molar-refractivity contribution in [3.63, 3.8) is 0 Å². The largest absolute Gasteiger partial charge is 0.472 e. The summed E-state index contributed by atoms with van der Waals surface area (Å²) in [4.78, 5) is 11.5. The van der Waals surface area contributed by atoms with Crippen molar-refractivity contribution >= 4 is 5.97 Å². The normalized spacial score (nSPS) is 12.4. The molecule has 0 bridgehead atoms. The van der Waals surface area contributed by atoms with Gasteiger partial charge in [0.25, 0.3) is 0 Å². The number of ether oxygens (including phenoxy) is 1. The van der Waals surface area contributed by atoms with E-state index in [4.69, 9.17) is 9.15 Å². The number of hydrogen-bond acceptors (Lipinski definition) is 3. The van der Waals surface area contributed by atoms with Crippen molar-refractivity contribution in [3.05, 3.63) is 24.2 Å². The van der Waals surface area contributed by atoms with Crippen molar-refractivity contribution in [2.75, 3.05) is 0 Å². The number of carbonyl (C=O) groups is 1. The predicted octanol–water partition coefficient (Wildman–Crippen LogP) is 3.02. The molecule has 1 unspecified atom stereocenters. The second kappa shape index (κ2) is 5.47. The van der Waals surface area contributed by atoms with Crippen LogP contribution in [0, 0.1) is 0 Å². The lowest BCUT2D eigenvalue weighted by Gasteiger charge is -2.14. The molecule has 3 nitrogen and oxygen atoms in total. The van der Waals surface area contributed by atoms with Crippen molar-refractivity contribution in [1.29, 1.82) is 0 Å². The van der Waals surface area contributed by atoms with Crippen LogP contribution in [0.1, 0.15) is 43.5 Å². The standard InChI is InChI=1S/C11H16O3/c1-3-5-10(4-2)14-11(12)9-6-7-13-8-9/h6-8,10H,3-5H2,1-2H3. The maximum absolute atomic E-state index is 11.5. The molecule has 0 aliphatic rings. The summed E-state index contributed by atoms with van der Waals surface area (Å²) in [6.45, 7) is 4.09. The second-order valence-corrected chi connectivity index (χ2v) is 3.24. The van der Waals surface area contributed by atoms with Crippen LogP contribution in [0.4, 0.5) is 0 Å². The molecule has 14 heavy (non-hydrogen) atoms. The van der Waals surface area contributed by atoms with Crippen LogP contribution in [-0.4, -0.2) is 12.1 Å². The summed E-state index contributed by atoms with van der Waals surface area (Å²) in [6.07, 6.45) is 5.70. The van der Waals surface area contributed by atoms with Gasteiger partial charge in [-0.1, -0.05) is 20.3 Å². The van der Waals surface area contributed by atoms with E-state index in [2.05, 4.69) is 6.92 Å². The predicted molar refractivity (Wildman–Crippen MR) is 53.1 cm³/mol. The fourth-order valence-corrected chi connectivity index (χ4v) is 1.27. The third-order valence-corrected chi connectivity index (χ3v) is 2.10. The number of furan rings is 1. The zero-order chi connectivity index (χ0) is 10.4. The highest BCUT2D eigenvalue weighted by Crippen LogP contribution is 2.10. The molecule has 0 aromatic carbocycles. The van der Waals surface area contributed by atoms with Crippen LogP contribution >= 0.6 is 0 Å². The Kier molecular flexibility index (Phi) is 4.23. The van der Waals surface area contributed by atoms with Crippen LogP contribution in [-0.2, 0) is 4.74 Å². The van der Waals surface area contributed by atoms with Crippen LogP contribution in [0.3, 0.4) is 0 Å². The van der Waals surface area contributed by atoms with E-state index in [-0.39, 0.29) is 12.1 Å². The first kappa shape index (κ1) is 10.8. The van der Waals surface area contributed by atoms with Gasteiger partial charge in [0.2, 0.25) is 0 Å². The Balaban J connectivity index is 2.47. The molecule has 1 heterocycles. The molecule has 0 amide bonds. The van der Waals surface area contributed by atoms with Gasteiger partial charge in [-0.25, -0.2) is 4.79 Å². The highest BCUT2D eigenvalue weighted by atomic mass is 16.5. The van der Waals surface area contributed by atoms with Gasteiger partial charge in [0.1, 0.15) is 12.4 Å². The van der Waals surface area contributed by atoms with Crippen molar-refractivity contribution < 1.29 is 13.9 Å². The Bertz CT molecular complexity index is 264. The zero-order valence-corrected chi connectivity index (χ0v) is 8.66. The highest BCUT2D eigenvalue weighted by molar-refractivity contribution is 5.88. The smallest absolute Gasteiger partial charge is 0.341 e. The third-order valence-electron chi connectivity index (χ3n) is 2.10. The van der Waals surface area contributed by atoms with Crippen molar-refractivity contribution in [1.82, 2.24) is 0 Å². The fourth-order valence-electron chi connectivity index (χ4n) is 1.27. The Hall–Kier alpha value is -1.25. The summed E-state index contributed by atoms with van der Waals surface area (Å²) < 4.78 is 10.1. The Labute approximate surface area is 84.1 Å². The number of carbonyl (C=O) groups excluding carboxylic acids is 1. The second-order valence-electron chi connectivity index (χ2n) is 3.24. The van der Waals surface area contributed by atoms with Crippen LogP contribution in [0.15, 0.2) is 23.0 Å². The van der Waals surface area contributed by atoms with E-state index in [0.717, 1.165) is 19.3 Å². The van der Waals surface area contributed by atoms with Gasteiger partial charge >= 0.3 is 5.97 Å². The average molecular weight is 196 g/mol. The molecule has 0 radical (unpaired) electrons. The molecule has 1 atom stereocenters. The van der Waals surface area contributed by atoms with Crippen LogP contribution in [0.5, 0.6) is 0 Å². The zero-order valence-electron chi connectivity index (χ0n) is 8.66. The quantitative estimate of drug-likeness (QED) is 0.679. The molecule has 78 valence electrons. The Morgan fingerprint density at radius 3 is 2.86 bits per heavy atom. The van der Waals surface area contributed by atoms with Gasteiger partial charge in [-0.2, -0.15) is 0 Å². The Morgan fingerprint density at radius 1 is 1.57 bits per heavy atom. The van der Waals surface area contributed by atoms with Crippen LogP contribution < -0.4 is 0 Å². The van der Waals surface area contributed by atoms with E-state index >= 15 is 0 Å². The van der Waals surface area contributed by atoms with Gasteiger partial charge in [0.15, 0.2) is 0 Å². The molecule has 1 aromatic heterocycles. The molecular formula is C11H16O3. The SMILES string of the molecule is CCCC(CC)OC(=O)c1ccoc1. The maximum atomic E-state index is 11.5. The topological polar surface area (TPSA) is 39.4 Å². The van der Waals surface area contributed by atoms with Gasteiger partial charge < -0.3 is 9.15 Å². The van der Waals surface area contributed by atoms with Gasteiger partial charge in [-0.05, 0) is 18.9 Å². The molecule has 0 aliphatic carbocycles. The average Bonchev–Trinajstić information content (AvgIpc) is 2.69. The van der Waals surface area contributed by atoms with Crippen LogP contribution in [0.2, 0.25) is 0 Å². The van der Waals surface area contributed by atoms with E-state index in [9.17, 15) is 4.79 Å². The molecule has 1 aromatic rings. The van der Waals surface area contributed by atoms with Crippen molar-refractivity contribution in [2.24, 2.45) is 0 Å². The summed E-state index contributed by atoms with van der Waals surface area (Å²) in [6, 6.07) is 1.61. The Morgan fingerprint density at radius 2 is 2.36 bits per heavy atom. The molecule has 0 fully saturated rings. The lowest BCUT2D eigenvalue weighted by molar-refractivity contribution is 0.0271. The molecule has 1 rings (SSSR count). The summed E-state index contributed by atoms with van der Waals surface area (Å²) in [5.74, 6) is -0.293. The number of rotatable bonds is 5. The fraction of sp³-hybridized carbons (Fsp3) is 0.545. The van der Waals surface area contributed by atoms with Gasteiger partial charge in [-0.3, -0.25) is 0 Å². The maximum Gasteiger partial charge on any atom is 0.341 e. The lowest BCUT2D eigenvalue weighted by Crippen LogP contribution is -2.16. The minimum absolute atomic E-state index is 0.0300. The molecule has 0 aliphatic heterocycles. The van der Waals surface area contributed by atoms with E-state index in [1.165, 1.54) is 12.5 Å². The van der Waals surface area contributed by atoms with E-state index < -0.39 is 0 Å². The summed E-state index contributed by atoms with van der Waals surface area (Å²) in [5, 5.41) is 0. The summed E-state index contributed by atoms with van der Waals surface area (Å²) in [7, 11) is 0. The van der Waals surface area contributed by atoms with E-state index in [1.807, 2.05) is 6.92 Å². The molecule has 0 saturated carbocycles. The van der Waals surface area contributed by atoms with Gasteiger partial charge in [0.05, 0.1) is 11.8 Å².